The van der Waals surface area contributed by atoms with Crippen molar-refractivity contribution in [1.29, 1.82) is 0 Å². The maximum Gasteiger partial charge on any atom is 0.253 e. The van der Waals surface area contributed by atoms with E-state index in [0.717, 1.165) is 11.8 Å². The first-order valence-electron chi connectivity index (χ1n) is 10.1. The number of hydrogen-bond donors (Lipinski definition) is 1. The van der Waals surface area contributed by atoms with Crippen LogP contribution in [0.15, 0.2) is 12.2 Å². The molecule has 0 spiro atoms. The van der Waals surface area contributed by atoms with Crippen LogP contribution in [0.1, 0.15) is 82.1 Å². The Bertz CT molecular complexity index is 335. The summed E-state index contributed by atoms with van der Waals surface area (Å²) in [5.74, 6) is 2.16. The fourth-order valence-electron chi connectivity index (χ4n) is 0.976. The molecule has 0 unspecified atom stereocenters. The zero-order valence-electron chi connectivity index (χ0n) is 19.0. The first kappa shape index (κ1) is 29.6. The average molecular weight is 372 g/mol. The van der Waals surface area contributed by atoms with Crippen LogP contribution in [0.2, 0.25) is 0 Å². The van der Waals surface area contributed by atoms with Crippen molar-refractivity contribution in [3.05, 3.63) is 12.2 Å². The number of imide groups is 1. The van der Waals surface area contributed by atoms with Gasteiger partial charge in [-0.3, -0.25) is 14.5 Å². The Morgan fingerprint density at radius 2 is 1.00 bits per heavy atom. The molecule has 0 atom stereocenters. The lowest BCUT2D eigenvalue weighted by molar-refractivity contribution is -0.137. The lowest BCUT2D eigenvalue weighted by Crippen LogP contribution is -2.33. The van der Waals surface area contributed by atoms with Crippen LogP contribution in [0.3, 0.4) is 0 Å². The molecule has 0 saturated carbocycles. The number of rotatable bonds is 5. The Balaban J connectivity index is -0.000000300. The van der Waals surface area contributed by atoms with Crippen molar-refractivity contribution in [3.8, 4) is 0 Å². The second kappa shape index (κ2) is 18.6. The van der Waals surface area contributed by atoms with Crippen molar-refractivity contribution >= 4 is 11.8 Å². The first-order valence-corrected chi connectivity index (χ1v) is 10.1. The molecule has 4 nitrogen and oxygen atoms in total. The van der Waals surface area contributed by atoms with Crippen LogP contribution in [-0.2, 0) is 9.59 Å². The monoisotopic (exact) mass is 371 g/mol. The molecule has 0 saturated heterocycles. The van der Waals surface area contributed by atoms with E-state index in [4.69, 9.17) is 5.11 Å². The van der Waals surface area contributed by atoms with Crippen LogP contribution in [-0.4, -0.2) is 35.0 Å². The zero-order valence-corrected chi connectivity index (χ0v) is 19.0. The van der Waals surface area contributed by atoms with E-state index in [1.54, 1.807) is 0 Å². The number of carbonyl (C=O) groups excluding carboxylic acids is 2. The summed E-state index contributed by atoms with van der Waals surface area (Å²) < 4.78 is 0. The average Bonchev–Trinajstić information content (AvgIpc) is 2.87. The molecule has 4 heteroatoms. The second-order valence-electron chi connectivity index (χ2n) is 8.19. The summed E-state index contributed by atoms with van der Waals surface area (Å²) in [6.07, 6.45) is 5.23. The third-order valence-electron chi connectivity index (χ3n) is 3.45. The quantitative estimate of drug-likeness (QED) is 0.667. The molecule has 0 aromatic carbocycles. The normalized spacial score (nSPS) is 12.8. The molecular weight excluding hydrogens is 326 g/mol. The number of aliphatic hydroxyl groups is 1. The van der Waals surface area contributed by atoms with Crippen molar-refractivity contribution in [3.63, 3.8) is 0 Å². The molecule has 1 aliphatic rings. The number of hydrogen-bond acceptors (Lipinski definition) is 3. The van der Waals surface area contributed by atoms with Gasteiger partial charge in [-0.15, -0.1) is 0 Å². The van der Waals surface area contributed by atoms with Crippen LogP contribution in [0.5, 0.6) is 0 Å². The highest BCUT2D eigenvalue weighted by Crippen LogP contribution is 2.06. The van der Waals surface area contributed by atoms with Gasteiger partial charge >= 0.3 is 0 Å². The lowest BCUT2D eigenvalue weighted by Gasteiger charge is -2.15. The highest BCUT2D eigenvalue weighted by molar-refractivity contribution is 6.12. The Hall–Kier alpha value is -1.16. The fourth-order valence-corrected chi connectivity index (χ4v) is 0.976. The Morgan fingerprint density at radius 1 is 0.731 bits per heavy atom. The molecule has 0 fully saturated rings. The first-order chi connectivity index (χ1) is 11.9. The third kappa shape index (κ3) is 22.8. The van der Waals surface area contributed by atoms with Crippen LogP contribution in [0.25, 0.3) is 0 Å². The maximum atomic E-state index is 10.9. The van der Waals surface area contributed by atoms with Gasteiger partial charge in [-0.1, -0.05) is 82.1 Å². The molecule has 1 N–H and O–H groups in total. The van der Waals surface area contributed by atoms with E-state index in [9.17, 15) is 9.59 Å². The van der Waals surface area contributed by atoms with E-state index >= 15 is 0 Å². The van der Waals surface area contributed by atoms with E-state index in [-0.39, 0.29) is 11.8 Å². The minimum absolute atomic E-state index is 0.191. The maximum absolute atomic E-state index is 10.9. The van der Waals surface area contributed by atoms with Gasteiger partial charge in [0.1, 0.15) is 0 Å². The Morgan fingerprint density at radius 3 is 1.15 bits per heavy atom. The molecule has 1 rings (SSSR count). The molecule has 1 heterocycles. The summed E-state index contributed by atoms with van der Waals surface area (Å²) in [7, 11) is 0. The van der Waals surface area contributed by atoms with Crippen molar-refractivity contribution in [1.82, 2.24) is 4.90 Å². The van der Waals surface area contributed by atoms with Gasteiger partial charge in [0.25, 0.3) is 11.8 Å². The second-order valence-corrected chi connectivity index (χ2v) is 8.19. The predicted octanol–water partition coefficient (Wildman–Crippen LogP) is 5.31. The molecule has 0 aromatic heterocycles. The topological polar surface area (TPSA) is 57.6 Å². The van der Waals surface area contributed by atoms with Crippen LogP contribution in [0, 0.1) is 23.7 Å². The molecular formula is C22H45NO3. The van der Waals surface area contributed by atoms with E-state index in [1.165, 1.54) is 29.9 Å². The van der Waals surface area contributed by atoms with Crippen LogP contribution in [0.4, 0.5) is 0 Å². The summed E-state index contributed by atoms with van der Waals surface area (Å²) in [5.41, 5.74) is 0. The number of amides is 2. The summed E-state index contributed by atoms with van der Waals surface area (Å²) in [4.78, 5) is 23.1. The molecule has 156 valence electrons. The predicted molar refractivity (Wildman–Crippen MR) is 113 cm³/mol. The molecule has 26 heavy (non-hydrogen) atoms. The van der Waals surface area contributed by atoms with Gasteiger partial charge in [-0.05, 0) is 23.7 Å². The van der Waals surface area contributed by atoms with E-state index in [1.807, 2.05) is 27.7 Å². The van der Waals surface area contributed by atoms with Crippen LogP contribution < -0.4 is 0 Å². The van der Waals surface area contributed by atoms with Gasteiger partial charge in [-0.2, -0.15) is 0 Å². The van der Waals surface area contributed by atoms with Gasteiger partial charge in [-0.25, -0.2) is 0 Å². The summed E-state index contributed by atoms with van der Waals surface area (Å²) in [5, 5.41) is 8.14. The molecule has 0 aliphatic carbocycles. The minimum Gasteiger partial charge on any atom is -0.396 e. The molecule has 1 aliphatic heterocycles. The van der Waals surface area contributed by atoms with Crippen molar-refractivity contribution < 1.29 is 14.7 Å². The molecule has 2 amide bonds. The van der Waals surface area contributed by atoms with Gasteiger partial charge in [0.05, 0.1) is 0 Å². The molecule has 0 bridgehead atoms. The number of nitrogens with zero attached hydrogens (tertiary/aromatic N) is 1. The summed E-state index contributed by atoms with van der Waals surface area (Å²) >= 11 is 0. The van der Waals surface area contributed by atoms with Crippen molar-refractivity contribution in [2.24, 2.45) is 23.7 Å². The molecule has 0 aromatic rings. The highest BCUT2D eigenvalue weighted by atomic mass is 16.3. The minimum atomic E-state index is -0.191. The Kier molecular flexibility index (Phi) is 21.2. The SMILES string of the molecule is CC(C)CN1C(=O)C=CC1=O.CC(C)CO.CCC(C)C.CCC(C)C. The lowest BCUT2D eigenvalue weighted by atomic mass is 10.2. The Labute approximate surface area is 163 Å². The number of aliphatic hydroxyl groups excluding tert-OH is 1. The zero-order chi connectivity index (χ0) is 21.3. The van der Waals surface area contributed by atoms with Gasteiger partial charge in [0, 0.05) is 25.3 Å². The fraction of sp³-hybridized carbons (Fsp3) is 0.818. The van der Waals surface area contributed by atoms with E-state index in [2.05, 4.69) is 41.5 Å². The van der Waals surface area contributed by atoms with E-state index < -0.39 is 0 Å². The van der Waals surface area contributed by atoms with Gasteiger partial charge in [0.2, 0.25) is 0 Å². The highest BCUT2D eigenvalue weighted by Gasteiger charge is 2.23. The number of carbonyl (C=O) groups is 2. The van der Waals surface area contributed by atoms with E-state index in [0.29, 0.717) is 25.0 Å². The van der Waals surface area contributed by atoms with Crippen molar-refractivity contribution in [2.75, 3.05) is 13.2 Å². The van der Waals surface area contributed by atoms with Gasteiger partial charge in [0.15, 0.2) is 0 Å². The smallest absolute Gasteiger partial charge is 0.253 e. The third-order valence-corrected chi connectivity index (χ3v) is 3.45. The summed E-state index contributed by atoms with van der Waals surface area (Å²) in [6.45, 7) is 22.0. The molecule has 0 radical (unpaired) electrons. The van der Waals surface area contributed by atoms with Crippen molar-refractivity contribution in [2.45, 2.75) is 82.1 Å². The standard InChI is InChI=1S/C8H11NO2.2C5H12.C4H10O/c1-6(2)5-9-7(10)3-4-8(9)11;2*1-4-5(2)3;1-4(2)3-5/h3-4,6H,5H2,1-2H3;2*5H,4H2,1-3H3;4-5H,3H2,1-2H3. The van der Waals surface area contributed by atoms with Crippen LogP contribution >= 0.6 is 0 Å². The largest absolute Gasteiger partial charge is 0.396 e. The van der Waals surface area contributed by atoms with Gasteiger partial charge < -0.3 is 5.11 Å². The summed E-state index contributed by atoms with van der Waals surface area (Å²) in [6, 6.07) is 0.